The van der Waals surface area contributed by atoms with Gasteiger partial charge in [0.15, 0.2) is 0 Å². The Morgan fingerprint density at radius 2 is 1.87 bits per heavy atom. The molecule has 31 heavy (non-hydrogen) atoms. The van der Waals surface area contributed by atoms with Crippen LogP contribution in [0, 0.1) is 5.92 Å². The van der Waals surface area contributed by atoms with E-state index in [4.69, 9.17) is 9.47 Å². The van der Waals surface area contributed by atoms with E-state index in [1.807, 2.05) is 38.1 Å². The molecule has 3 amide bonds. The fourth-order valence-electron chi connectivity index (χ4n) is 4.51. The second kappa shape index (κ2) is 9.26. The molecule has 3 aliphatic heterocycles. The Balaban J connectivity index is 1.47. The van der Waals surface area contributed by atoms with E-state index in [9.17, 15) is 14.4 Å². The van der Waals surface area contributed by atoms with Gasteiger partial charge in [-0.3, -0.25) is 14.4 Å². The summed E-state index contributed by atoms with van der Waals surface area (Å²) in [5, 5.41) is 5.99. The number of hydrogen-bond acceptors (Lipinski definition) is 5. The van der Waals surface area contributed by atoms with Crippen molar-refractivity contribution in [1.29, 1.82) is 0 Å². The van der Waals surface area contributed by atoms with Gasteiger partial charge in [0.2, 0.25) is 17.7 Å². The maximum Gasteiger partial charge on any atom is 0.247 e. The van der Waals surface area contributed by atoms with Crippen molar-refractivity contribution >= 4 is 17.7 Å². The van der Waals surface area contributed by atoms with Gasteiger partial charge in [-0.1, -0.05) is 32.0 Å². The molecule has 3 heterocycles. The molecule has 0 saturated carbocycles. The summed E-state index contributed by atoms with van der Waals surface area (Å²) in [5.41, 5.74) is 0.953. The van der Waals surface area contributed by atoms with Crippen LogP contribution in [0.2, 0.25) is 0 Å². The number of hydrogen-bond donors (Lipinski definition) is 2. The molecular weight excluding hydrogens is 398 g/mol. The number of benzene rings is 1. The first-order valence-corrected chi connectivity index (χ1v) is 11.3. The Morgan fingerprint density at radius 3 is 2.68 bits per heavy atom. The quantitative estimate of drug-likeness (QED) is 0.745. The molecule has 3 aliphatic rings. The Kier molecular flexibility index (Phi) is 6.46. The van der Waals surface area contributed by atoms with Gasteiger partial charge in [0.25, 0.3) is 0 Å². The van der Waals surface area contributed by atoms with Crippen molar-refractivity contribution < 1.29 is 23.9 Å². The van der Waals surface area contributed by atoms with Crippen LogP contribution in [0.15, 0.2) is 24.3 Å². The molecule has 0 bridgehead atoms. The third-order valence-electron chi connectivity index (χ3n) is 6.56. The van der Waals surface area contributed by atoms with Crippen molar-refractivity contribution in [3.63, 3.8) is 0 Å². The average Bonchev–Trinajstić information content (AvgIpc) is 3.15. The molecule has 4 rings (SSSR count). The maximum atomic E-state index is 13.3. The smallest absolute Gasteiger partial charge is 0.247 e. The zero-order valence-corrected chi connectivity index (χ0v) is 18.1. The molecule has 8 heteroatoms. The van der Waals surface area contributed by atoms with Crippen LogP contribution >= 0.6 is 0 Å². The number of nitrogens with one attached hydrogen (secondary N) is 2. The summed E-state index contributed by atoms with van der Waals surface area (Å²) in [6, 6.07) is 6.27. The van der Waals surface area contributed by atoms with E-state index in [1.54, 1.807) is 4.90 Å². The first kappa shape index (κ1) is 21.6. The van der Waals surface area contributed by atoms with Crippen LogP contribution in [-0.2, 0) is 19.1 Å². The Hall–Kier alpha value is -2.61. The number of para-hydroxylation sites is 1. The largest absolute Gasteiger partial charge is 0.493 e. The number of carbonyl (C=O) groups is 3. The lowest BCUT2D eigenvalue weighted by atomic mass is 10.00. The third-order valence-corrected chi connectivity index (χ3v) is 6.56. The van der Waals surface area contributed by atoms with Gasteiger partial charge in [0.1, 0.15) is 24.1 Å². The fourth-order valence-corrected chi connectivity index (χ4v) is 4.51. The normalized spacial score (nSPS) is 28.6. The standard InChI is InChI=1S/C23H31N3O5/c1-3-14(2)21(27)25-17-11-13-31-20-9-8-18(26(20)23(17)29)22(28)24-16-10-12-30-19-7-5-4-6-15(16)19/h4-7,14,16-18,20H,3,8-13H2,1-2H3,(H,24,28)(H,25,27)/t14-,16-,17+,18-,20+/m1/s1. The minimum absolute atomic E-state index is 0.140. The van der Waals surface area contributed by atoms with E-state index in [1.165, 1.54) is 0 Å². The summed E-state index contributed by atoms with van der Waals surface area (Å²) >= 11 is 0. The van der Waals surface area contributed by atoms with Crippen molar-refractivity contribution in [2.45, 2.75) is 70.3 Å². The SMILES string of the molecule is CC[C@@H](C)C(=O)N[C@H]1CCO[C@H]2CC[C@H](C(=O)N[C@@H]3CCOc4ccccc43)N2C1=O. The molecule has 0 radical (unpaired) electrons. The maximum absolute atomic E-state index is 13.3. The molecule has 0 aliphatic carbocycles. The van der Waals surface area contributed by atoms with Crippen molar-refractivity contribution in [1.82, 2.24) is 15.5 Å². The third kappa shape index (κ3) is 4.39. The van der Waals surface area contributed by atoms with Crippen molar-refractivity contribution in [3.8, 4) is 5.75 Å². The van der Waals surface area contributed by atoms with Gasteiger partial charge in [-0.25, -0.2) is 0 Å². The Bertz CT molecular complexity index is 844. The molecule has 5 atom stereocenters. The first-order valence-electron chi connectivity index (χ1n) is 11.3. The summed E-state index contributed by atoms with van der Waals surface area (Å²) in [4.78, 5) is 40.5. The van der Waals surface area contributed by atoms with Gasteiger partial charge < -0.3 is 25.0 Å². The van der Waals surface area contributed by atoms with E-state index in [-0.39, 0.29) is 29.7 Å². The van der Waals surface area contributed by atoms with Crippen LogP contribution in [0.4, 0.5) is 0 Å². The van der Waals surface area contributed by atoms with E-state index in [0.29, 0.717) is 45.3 Å². The predicted molar refractivity (Wildman–Crippen MR) is 113 cm³/mol. The zero-order chi connectivity index (χ0) is 22.0. The van der Waals surface area contributed by atoms with Crippen LogP contribution in [0.25, 0.3) is 0 Å². The highest BCUT2D eigenvalue weighted by Gasteiger charge is 2.46. The van der Waals surface area contributed by atoms with Gasteiger partial charge in [0.05, 0.1) is 19.3 Å². The van der Waals surface area contributed by atoms with Gasteiger partial charge in [0, 0.05) is 24.3 Å². The van der Waals surface area contributed by atoms with Crippen LogP contribution < -0.4 is 15.4 Å². The molecular formula is C23H31N3O5. The van der Waals surface area contributed by atoms with Gasteiger partial charge in [-0.05, 0) is 25.3 Å². The summed E-state index contributed by atoms with van der Waals surface area (Å²) in [6.07, 6.45) is 2.52. The predicted octanol–water partition coefficient (Wildman–Crippen LogP) is 1.89. The molecule has 0 spiro atoms. The fraction of sp³-hybridized carbons (Fsp3) is 0.609. The second-order valence-electron chi connectivity index (χ2n) is 8.56. The molecule has 1 aromatic carbocycles. The molecule has 0 aromatic heterocycles. The highest BCUT2D eigenvalue weighted by molar-refractivity contribution is 5.93. The molecule has 2 fully saturated rings. The van der Waals surface area contributed by atoms with E-state index < -0.39 is 18.3 Å². The van der Waals surface area contributed by atoms with Gasteiger partial charge in [-0.2, -0.15) is 0 Å². The minimum Gasteiger partial charge on any atom is -0.493 e. The summed E-state index contributed by atoms with van der Waals surface area (Å²) < 4.78 is 11.6. The number of fused-ring (bicyclic) bond motifs is 2. The lowest BCUT2D eigenvalue weighted by Gasteiger charge is -2.32. The number of nitrogens with zero attached hydrogens (tertiary/aromatic N) is 1. The van der Waals surface area contributed by atoms with Crippen molar-refractivity contribution in [2.75, 3.05) is 13.2 Å². The highest BCUT2D eigenvalue weighted by atomic mass is 16.5. The molecule has 8 nitrogen and oxygen atoms in total. The number of carbonyl (C=O) groups excluding carboxylic acids is 3. The topological polar surface area (TPSA) is 97.0 Å². The molecule has 1 aromatic rings. The highest BCUT2D eigenvalue weighted by Crippen LogP contribution is 2.33. The molecule has 2 N–H and O–H groups in total. The molecule has 0 unspecified atom stereocenters. The van der Waals surface area contributed by atoms with Crippen LogP contribution in [0.1, 0.15) is 57.6 Å². The van der Waals surface area contributed by atoms with E-state index >= 15 is 0 Å². The average molecular weight is 430 g/mol. The Labute approximate surface area is 182 Å². The molecule has 2 saturated heterocycles. The number of rotatable bonds is 5. The van der Waals surface area contributed by atoms with Crippen LogP contribution in [-0.4, -0.2) is 54.1 Å². The monoisotopic (exact) mass is 429 g/mol. The second-order valence-corrected chi connectivity index (χ2v) is 8.56. The van der Waals surface area contributed by atoms with Crippen molar-refractivity contribution in [2.24, 2.45) is 5.92 Å². The lowest BCUT2D eigenvalue weighted by Crippen LogP contribution is -2.55. The lowest BCUT2D eigenvalue weighted by molar-refractivity contribution is -0.149. The Morgan fingerprint density at radius 1 is 1.10 bits per heavy atom. The minimum atomic E-state index is -0.663. The number of amides is 3. The van der Waals surface area contributed by atoms with Gasteiger partial charge >= 0.3 is 0 Å². The van der Waals surface area contributed by atoms with Gasteiger partial charge in [-0.15, -0.1) is 0 Å². The molecule has 168 valence electrons. The van der Waals surface area contributed by atoms with Crippen molar-refractivity contribution in [3.05, 3.63) is 29.8 Å². The summed E-state index contributed by atoms with van der Waals surface area (Å²) in [6.45, 7) is 4.69. The van der Waals surface area contributed by atoms with E-state index in [2.05, 4.69) is 10.6 Å². The zero-order valence-electron chi connectivity index (χ0n) is 18.1. The first-order chi connectivity index (χ1) is 15.0. The van der Waals surface area contributed by atoms with E-state index in [0.717, 1.165) is 11.3 Å². The van der Waals surface area contributed by atoms with Crippen LogP contribution in [0.3, 0.4) is 0 Å². The summed E-state index contributed by atoms with van der Waals surface area (Å²) in [5.74, 6) is 0.0573. The van der Waals surface area contributed by atoms with Crippen LogP contribution in [0.5, 0.6) is 5.75 Å². The summed E-state index contributed by atoms with van der Waals surface area (Å²) in [7, 11) is 0. The number of ether oxygens (including phenoxy) is 2.